The van der Waals surface area contributed by atoms with Gasteiger partial charge in [0.1, 0.15) is 0 Å². The van der Waals surface area contributed by atoms with Gasteiger partial charge in [-0.15, -0.1) is 0 Å². The molecule has 1 aliphatic heterocycles. The quantitative estimate of drug-likeness (QED) is 0.706. The molecule has 0 bridgehead atoms. The number of hydrogen-bond donors (Lipinski definition) is 1. The molecule has 1 heterocycles. The Labute approximate surface area is 145 Å². The smallest absolute Gasteiger partial charge is 0.317 e. The van der Waals surface area contributed by atoms with Crippen LogP contribution in [0.2, 0.25) is 0 Å². The number of benzene rings is 1. The minimum absolute atomic E-state index is 0.0204. The van der Waals surface area contributed by atoms with Crippen molar-refractivity contribution in [2.75, 3.05) is 26.4 Å². The van der Waals surface area contributed by atoms with Gasteiger partial charge < -0.3 is 19.7 Å². The summed E-state index contributed by atoms with van der Waals surface area (Å²) in [6.45, 7) is 7.50. The van der Waals surface area contributed by atoms with E-state index in [9.17, 15) is 4.79 Å². The van der Waals surface area contributed by atoms with Gasteiger partial charge in [0.25, 0.3) is 0 Å². The first-order chi connectivity index (χ1) is 11.7. The molecule has 5 heteroatoms. The van der Waals surface area contributed by atoms with E-state index in [1.54, 1.807) is 0 Å². The van der Waals surface area contributed by atoms with E-state index in [0.29, 0.717) is 26.3 Å². The van der Waals surface area contributed by atoms with Crippen LogP contribution in [-0.4, -0.2) is 49.4 Å². The van der Waals surface area contributed by atoms with Crippen LogP contribution in [0, 0.1) is 0 Å². The first-order valence-electron chi connectivity index (χ1n) is 8.94. The van der Waals surface area contributed by atoms with Crippen molar-refractivity contribution >= 4 is 6.03 Å². The van der Waals surface area contributed by atoms with E-state index in [1.165, 1.54) is 0 Å². The van der Waals surface area contributed by atoms with Crippen LogP contribution in [0.5, 0.6) is 0 Å². The summed E-state index contributed by atoms with van der Waals surface area (Å²) >= 11 is 0. The van der Waals surface area contributed by atoms with Gasteiger partial charge in [-0.1, -0.05) is 30.3 Å². The number of nitrogens with one attached hydrogen (secondary N) is 1. The Hall–Kier alpha value is -1.59. The maximum Gasteiger partial charge on any atom is 0.317 e. The highest BCUT2D eigenvalue weighted by Gasteiger charge is 2.17. The fourth-order valence-corrected chi connectivity index (χ4v) is 2.73. The summed E-state index contributed by atoms with van der Waals surface area (Å²) in [6.07, 6.45) is 3.31. The van der Waals surface area contributed by atoms with Crippen molar-refractivity contribution < 1.29 is 14.3 Å². The van der Waals surface area contributed by atoms with E-state index in [4.69, 9.17) is 9.47 Å². The third-order valence-electron chi connectivity index (χ3n) is 4.15. The standard InChI is InChI=1S/C19H30N2O3/c1-16(2)21(14-17-8-4-3-5-9-17)19(22)20-11-7-12-23-15-18-10-6-13-24-18/h3-5,8-9,16,18H,6-7,10-15H2,1-2H3,(H,20,22)/t18-/m0/s1. The second-order valence-electron chi connectivity index (χ2n) is 6.50. The lowest BCUT2D eigenvalue weighted by Crippen LogP contribution is -2.43. The Balaban J connectivity index is 1.63. The van der Waals surface area contributed by atoms with E-state index < -0.39 is 0 Å². The minimum Gasteiger partial charge on any atom is -0.379 e. The molecule has 1 aromatic carbocycles. The van der Waals surface area contributed by atoms with E-state index in [1.807, 2.05) is 49.1 Å². The fraction of sp³-hybridized carbons (Fsp3) is 0.632. The van der Waals surface area contributed by atoms with Crippen molar-refractivity contribution in [1.29, 1.82) is 0 Å². The average molecular weight is 334 g/mol. The van der Waals surface area contributed by atoms with Gasteiger partial charge in [0, 0.05) is 32.3 Å². The van der Waals surface area contributed by atoms with Crippen molar-refractivity contribution in [3.8, 4) is 0 Å². The molecule has 2 rings (SSSR count). The van der Waals surface area contributed by atoms with Gasteiger partial charge in [-0.05, 0) is 38.7 Å². The van der Waals surface area contributed by atoms with Crippen molar-refractivity contribution in [2.45, 2.75) is 51.8 Å². The number of amides is 2. The molecule has 5 nitrogen and oxygen atoms in total. The van der Waals surface area contributed by atoms with E-state index in [2.05, 4.69) is 5.32 Å². The maximum atomic E-state index is 12.4. The highest BCUT2D eigenvalue weighted by molar-refractivity contribution is 5.74. The molecule has 0 aromatic heterocycles. The molecule has 134 valence electrons. The fourth-order valence-electron chi connectivity index (χ4n) is 2.73. The SMILES string of the molecule is CC(C)N(Cc1ccccc1)C(=O)NCCCOC[C@@H]1CCCO1. The second-order valence-corrected chi connectivity index (χ2v) is 6.50. The van der Waals surface area contributed by atoms with Crippen LogP contribution in [0.25, 0.3) is 0 Å². The summed E-state index contributed by atoms with van der Waals surface area (Å²) in [5, 5.41) is 2.99. The molecule has 2 amide bonds. The highest BCUT2D eigenvalue weighted by Crippen LogP contribution is 2.12. The molecule has 1 N–H and O–H groups in total. The number of carbonyl (C=O) groups excluding carboxylic acids is 1. The minimum atomic E-state index is -0.0204. The number of hydrogen-bond acceptors (Lipinski definition) is 3. The first-order valence-corrected chi connectivity index (χ1v) is 8.94. The number of carbonyl (C=O) groups is 1. The topological polar surface area (TPSA) is 50.8 Å². The normalized spacial score (nSPS) is 17.2. The van der Waals surface area contributed by atoms with Gasteiger partial charge in [-0.25, -0.2) is 4.79 Å². The Morgan fingerprint density at radius 1 is 1.38 bits per heavy atom. The first kappa shape index (κ1) is 18.7. The van der Waals surface area contributed by atoms with Crippen molar-refractivity contribution in [3.05, 3.63) is 35.9 Å². The molecule has 0 unspecified atom stereocenters. The van der Waals surface area contributed by atoms with E-state index in [-0.39, 0.29) is 18.2 Å². The van der Waals surface area contributed by atoms with E-state index >= 15 is 0 Å². The number of urea groups is 1. The molecule has 0 radical (unpaired) electrons. The summed E-state index contributed by atoms with van der Waals surface area (Å²) in [6, 6.07) is 10.2. The summed E-state index contributed by atoms with van der Waals surface area (Å²) in [5.74, 6) is 0. The molecule has 0 spiro atoms. The summed E-state index contributed by atoms with van der Waals surface area (Å²) < 4.78 is 11.1. The monoisotopic (exact) mass is 334 g/mol. The van der Waals surface area contributed by atoms with Crippen LogP contribution in [0.1, 0.15) is 38.7 Å². The van der Waals surface area contributed by atoms with E-state index in [0.717, 1.165) is 31.4 Å². The predicted octanol–water partition coefficient (Wildman–Crippen LogP) is 3.19. The molecule has 1 atom stereocenters. The Morgan fingerprint density at radius 3 is 2.83 bits per heavy atom. The summed E-state index contributed by atoms with van der Waals surface area (Å²) in [7, 11) is 0. The van der Waals surface area contributed by atoms with Crippen molar-refractivity contribution in [1.82, 2.24) is 10.2 Å². The van der Waals surface area contributed by atoms with Gasteiger partial charge in [-0.2, -0.15) is 0 Å². The zero-order valence-electron chi connectivity index (χ0n) is 14.9. The van der Waals surface area contributed by atoms with Gasteiger partial charge in [0.2, 0.25) is 0 Å². The van der Waals surface area contributed by atoms with Crippen molar-refractivity contribution in [3.63, 3.8) is 0 Å². The van der Waals surface area contributed by atoms with Crippen molar-refractivity contribution in [2.24, 2.45) is 0 Å². The van der Waals surface area contributed by atoms with Crippen LogP contribution in [0.4, 0.5) is 4.79 Å². The lowest BCUT2D eigenvalue weighted by Gasteiger charge is -2.27. The van der Waals surface area contributed by atoms with Crippen LogP contribution < -0.4 is 5.32 Å². The summed E-state index contributed by atoms with van der Waals surface area (Å²) in [4.78, 5) is 14.2. The second kappa shape index (κ2) is 10.3. The maximum absolute atomic E-state index is 12.4. The molecular weight excluding hydrogens is 304 g/mol. The molecule has 1 aromatic rings. The lowest BCUT2D eigenvalue weighted by molar-refractivity contribution is 0.0167. The predicted molar refractivity (Wildman–Crippen MR) is 94.9 cm³/mol. The zero-order chi connectivity index (χ0) is 17.2. The van der Waals surface area contributed by atoms with Gasteiger partial charge in [0.05, 0.1) is 12.7 Å². The summed E-state index contributed by atoms with van der Waals surface area (Å²) in [5.41, 5.74) is 1.14. The molecule has 0 saturated carbocycles. The lowest BCUT2D eigenvalue weighted by atomic mass is 10.2. The van der Waals surface area contributed by atoms with Crippen LogP contribution in [0.15, 0.2) is 30.3 Å². The Bertz CT molecular complexity index is 473. The third-order valence-corrected chi connectivity index (χ3v) is 4.15. The van der Waals surface area contributed by atoms with Crippen LogP contribution >= 0.6 is 0 Å². The number of ether oxygens (including phenoxy) is 2. The Kier molecular flexibility index (Phi) is 8.05. The van der Waals surface area contributed by atoms with Gasteiger partial charge >= 0.3 is 6.03 Å². The largest absolute Gasteiger partial charge is 0.379 e. The molecule has 1 fully saturated rings. The average Bonchev–Trinajstić information content (AvgIpc) is 3.09. The van der Waals surface area contributed by atoms with Gasteiger partial charge in [-0.3, -0.25) is 0 Å². The van der Waals surface area contributed by atoms with Crippen LogP contribution in [0.3, 0.4) is 0 Å². The molecule has 0 aliphatic carbocycles. The zero-order valence-corrected chi connectivity index (χ0v) is 14.9. The molecule has 24 heavy (non-hydrogen) atoms. The number of nitrogens with zero attached hydrogens (tertiary/aromatic N) is 1. The van der Waals surface area contributed by atoms with Crippen LogP contribution in [-0.2, 0) is 16.0 Å². The Morgan fingerprint density at radius 2 is 2.17 bits per heavy atom. The number of rotatable bonds is 9. The molecule has 1 saturated heterocycles. The molecular formula is C19H30N2O3. The highest BCUT2D eigenvalue weighted by atomic mass is 16.5. The third kappa shape index (κ3) is 6.49. The molecule has 1 aliphatic rings. The van der Waals surface area contributed by atoms with Gasteiger partial charge in [0.15, 0.2) is 0 Å².